The van der Waals surface area contributed by atoms with Gasteiger partial charge >= 0.3 is 19.8 Å². The van der Waals surface area contributed by atoms with Crippen molar-refractivity contribution in [3.63, 3.8) is 0 Å². The first kappa shape index (κ1) is 38.0. The largest absolute Gasteiger partial charge is 0 e. The van der Waals surface area contributed by atoms with Gasteiger partial charge in [-0.15, -0.1) is 0 Å². The van der Waals surface area contributed by atoms with Crippen molar-refractivity contribution in [2.45, 2.75) is 0 Å². The summed E-state index contributed by atoms with van der Waals surface area (Å²) in [6.45, 7) is 0. The quantitative estimate of drug-likeness (QED) is 0.359. The third-order valence-electron chi connectivity index (χ3n) is 0. The summed E-state index contributed by atoms with van der Waals surface area (Å²) in [5.41, 5.74) is 0. The van der Waals surface area contributed by atoms with Crippen molar-refractivity contribution >= 4 is 37.2 Å². The molecule has 0 aromatic heterocycles. The van der Waals surface area contributed by atoms with Crippen LogP contribution >= 0.6 is 0 Å². The fourth-order valence-electron chi connectivity index (χ4n) is 0. The summed E-state index contributed by atoms with van der Waals surface area (Å²) in [7, 11) is 0. The minimum atomic E-state index is 0. The molecule has 0 atom stereocenters. The van der Waals surface area contributed by atoms with Gasteiger partial charge in [-0.2, -0.15) is 0 Å². The fraction of sp³-hybridized carbons (Fsp3) is 0. The van der Waals surface area contributed by atoms with Gasteiger partial charge in [-0.05, 0) is 0 Å². The van der Waals surface area contributed by atoms with E-state index in [0.717, 1.165) is 0 Å². The number of hydrogen-bond acceptors (Lipinski definition) is 0. The Morgan fingerprint density at radius 3 is 1.00 bits per heavy atom. The zero-order chi connectivity index (χ0) is 0. The molecular formula is H7AlFGaSc. The molecule has 4 heteroatoms. The third-order valence-corrected chi connectivity index (χ3v) is 0. The zero-order valence-corrected chi connectivity index (χ0v) is 2.79. The predicted octanol–water partition coefficient (Wildman–Crippen LogP) is -2.22. The van der Waals surface area contributed by atoms with Gasteiger partial charge in [0.25, 0.3) is 0 Å². The zero-order valence-electron chi connectivity index (χ0n) is 0.986. The number of hydrogen-bond donors (Lipinski definition) is 0. The van der Waals surface area contributed by atoms with Crippen LogP contribution in [0, 0.1) is 0 Å². The second-order valence-electron chi connectivity index (χ2n) is 0. The van der Waals surface area contributed by atoms with Gasteiger partial charge in [0.1, 0.15) is 0 Å². The summed E-state index contributed by atoms with van der Waals surface area (Å²) >= 11 is 0. The van der Waals surface area contributed by atoms with Crippen LogP contribution in [0.2, 0.25) is 0 Å². The van der Waals surface area contributed by atoms with Gasteiger partial charge in [0, 0.05) is 25.8 Å². The van der Waals surface area contributed by atoms with E-state index in [0.29, 0.717) is 0 Å². The van der Waals surface area contributed by atoms with Crippen molar-refractivity contribution in [2.75, 3.05) is 0 Å². The fourth-order valence-corrected chi connectivity index (χ4v) is 0. The second kappa shape index (κ2) is 20.2. The SMILES string of the molecule is F.[AlH3].[GaH3].[Sc]. The molecule has 0 aliphatic heterocycles. The molecule has 0 aromatic carbocycles. The maximum Gasteiger partial charge on any atom is 0 e. The summed E-state index contributed by atoms with van der Waals surface area (Å²) in [5, 5.41) is 0. The van der Waals surface area contributed by atoms with E-state index in [2.05, 4.69) is 0 Å². The molecule has 0 fully saturated rings. The Hall–Kier alpha value is 1.97. The molecule has 0 spiro atoms. The molecule has 0 N–H and O–H groups in total. The smallest absolute Gasteiger partial charge is 0 e. The Kier molecular flexibility index (Phi) is 192. The van der Waals surface area contributed by atoms with Crippen molar-refractivity contribution in [3.8, 4) is 0 Å². The van der Waals surface area contributed by atoms with Gasteiger partial charge in [0.05, 0.1) is 0 Å². The van der Waals surface area contributed by atoms with Crippen LogP contribution in [-0.2, 0) is 25.8 Å². The van der Waals surface area contributed by atoms with E-state index in [1.165, 1.54) is 0 Å². The maximum atomic E-state index is 0. The first-order valence-corrected chi connectivity index (χ1v) is 0. The van der Waals surface area contributed by atoms with Crippen LogP contribution < -0.4 is 0 Å². The molecule has 0 heterocycles. The Morgan fingerprint density at radius 2 is 1.00 bits per heavy atom. The van der Waals surface area contributed by atoms with Crippen LogP contribution in [-0.4, -0.2) is 37.2 Å². The van der Waals surface area contributed by atoms with Crippen LogP contribution in [0.3, 0.4) is 0 Å². The second-order valence-corrected chi connectivity index (χ2v) is 0. The molecule has 0 aliphatic rings. The molecule has 0 bridgehead atoms. The van der Waals surface area contributed by atoms with E-state index >= 15 is 0 Å². The van der Waals surface area contributed by atoms with Crippen LogP contribution in [0.4, 0.5) is 4.70 Å². The average molecular weight is 168 g/mol. The Bertz CT molecular complexity index is 8.00. The van der Waals surface area contributed by atoms with Gasteiger partial charge in [0.2, 0.25) is 0 Å². The minimum absolute atomic E-state index is 0. The van der Waals surface area contributed by atoms with Crippen LogP contribution in [0.5, 0.6) is 0 Å². The van der Waals surface area contributed by atoms with E-state index in [1.807, 2.05) is 0 Å². The topological polar surface area (TPSA) is 0 Å². The van der Waals surface area contributed by atoms with Crippen molar-refractivity contribution in [1.29, 1.82) is 0 Å². The Balaban J connectivity index is 0. The maximum absolute atomic E-state index is 0. The van der Waals surface area contributed by atoms with Gasteiger partial charge in [-0.25, -0.2) is 0 Å². The van der Waals surface area contributed by atoms with Gasteiger partial charge in [-0.3, -0.25) is 4.70 Å². The Labute approximate surface area is 67.1 Å². The summed E-state index contributed by atoms with van der Waals surface area (Å²) in [6, 6.07) is 0. The van der Waals surface area contributed by atoms with E-state index in [-0.39, 0.29) is 67.7 Å². The normalized spacial score (nSPS) is 0. The van der Waals surface area contributed by atoms with Crippen molar-refractivity contribution in [1.82, 2.24) is 0 Å². The van der Waals surface area contributed by atoms with Crippen LogP contribution in [0.15, 0.2) is 0 Å². The van der Waals surface area contributed by atoms with Gasteiger partial charge < -0.3 is 0 Å². The monoisotopic (exact) mass is 167 g/mol. The molecule has 0 aromatic rings. The van der Waals surface area contributed by atoms with E-state index in [9.17, 15) is 0 Å². The third kappa shape index (κ3) is 9.02. The number of rotatable bonds is 0. The molecule has 23 valence electrons. The standard InChI is InChI=1S/Al.FH.Ga.Sc.6H/h;1H;;;;;;;;. The van der Waals surface area contributed by atoms with Crippen LogP contribution in [0.1, 0.15) is 0 Å². The van der Waals surface area contributed by atoms with Crippen LogP contribution in [0.25, 0.3) is 0 Å². The first-order chi connectivity index (χ1) is 0. The summed E-state index contributed by atoms with van der Waals surface area (Å²) in [6.07, 6.45) is 0. The molecule has 0 saturated carbocycles. The van der Waals surface area contributed by atoms with E-state index < -0.39 is 0 Å². The van der Waals surface area contributed by atoms with Crippen molar-refractivity contribution in [3.05, 3.63) is 0 Å². The average Bonchev–Trinajstić information content (AvgIpc) is 0. The van der Waals surface area contributed by atoms with Gasteiger partial charge in [0.15, 0.2) is 17.4 Å². The molecule has 0 rings (SSSR count). The number of halogens is 1. The minimum Gasteiger partial charge on any atom is 0 e. The predicted molar refractivity (Wildman–Crippen MR) is 22.4 cm³/mol. The van der Waals surface area contributed by atoms with Gasteiger partial charge in [-0.1, -0.05) is 0 Å². The first-order valence-electron chi connectivity index (χ1n) is 0. The van der Waals surface area contributed by atoms with Crippen molar-refractivity contribution in [2.24, 2.45) is 0 Å². The molecular weight excluding hydrogens is 161 g/mol. The summed E-state index contributed by atoms with van der Waals surface area (Å²) in [4.78, 5) is 0. The van der Waals surface area contributed by atoms with E-state index in [1.54, 1.807) is 0 Å². The molecule has 0 unspecified atom stereocenters. The summed E-state index contributed by atoms with van der Waals surface area (Å²) < 4.78 is 0. The molecule has 1 radical (unpaired) electrons. The molecule has 0 saturated heterocycles. The van der Waals surface area contributed by atoms with Crippen molar-refractivity contribution < 1.29 is 30.5 Å². The molecule has 0 nitrogen and oxygen atoms in total. The molecule has 4 heavy (non-hydrogen) atoms. The van der Waals surface area contributed by atoms with E-state index in [4.69, 9.17) is 0 Å². The Morgan fingerprint density at radius 1 is 1.00 bits per heavy atom. The molecule has 0 amide bonds. The summed E-state index contributed by atoms with van der Waals surface area (Å²) in [5.74, 6) is 0. The molecule has 0 aliphatic carbocycles.